The largest absolute Gasteiger partial charge is 0.491 e. The molecule has 0 saturated carbocycles. The molecule has 1 aliphatic heterocycles. The molecule has 0 amide bonds. The van der Waals surface area contributed by atoms with E-state index in [1.165, 1.54) is 43.7 Å². The summed E-state index contributed by atoms with van der Waals surface area (Å²) in [7, 11) is 0. The Labute approximate surface area is 156 Å². The molecule has 24 heavy (non-hydrogen) atoms. The van der Waals surface area contributed by atoms with E-state index in [-0.39, 0.29) is 0 Å². The zero-order chi connectivity index (χ0) is 16.8. The van der Waals surface area contributed by atoms with Crippen LogP contribution in [0.3, 0.4) is 0 Å². The number of hydrogen-bond acceptors (Lipinski definition) is 5. The Bertz CT molecular complexity index is 659. The van der Waals surface area contributed by atoms with E-state index in [0.717, 1.165) is 22.9 Å². The van der Waals surface area contributed by atoms with Gasteiger partial charge in [-0.15, -0.1) is 11.3 Å². The third kappa shape index (κ3) is 5.24. The third-order valence-corrected chi connectivity index (χ3v) is 5.45. The molecule has 7 heteroatoms. The molecule has 0 spiro atoms. The number of anilines is 1. The van der Waals surface area contributed by atoms with Crippen LogP contribution in [0, 0.1) is 0 Å². The maximum Gasteiger partial charge on any atom is 0.183 e. The number of halogens is 2. The molecule has 1 aromatic carbocycles. The van der Waals surface area contributed by atoms with Crippen LogP contribution in [-0.2, 0) is 6.54 Å². The lowest BCUT2D eigenvalue weighted by Crippen LogP contribution is -2.33. The van der Waals surface area contributed by atoms with Crippen molar-refractivity contribution in [3.63, 3.8) is 0 Å². The maximum absolute atomic E-state index is 6.33. The highest BCUT2D eigenvalue weighted by Gasteiger charge is 2.10. The number of rotatable bonds is 7. The molecule has 0 aliphatic carbocycles. The van der Waals surface area contributed by atoms with Crippen LogP contribution in [0.1, 0.15) is 24.1 Å². The van der Waals surface area contributed by atoms with E-state index < -0.39 is 0 Å². The van der Waals surface area contributed by atoms with Gasteiger partial charge in [0.05, 0.1) is 11.6 Å². The number of nitrogens with one attached hydrogen (secondary N) is 1. The normalized spacial score (nSPS) is 15.4. The zero-order valence-electron chi connectivity index (χ0n) is 13.4. The summed E-state index contributed by atoms with van der Waals surface area (Å²) in [6, 6.07) is 5.78. The first kappa shape index (κ1) is 17.8. The zero-order valence-corrected chi connectivity index (χ0v) is 15.8. The number of benzene rings is 1. The second-order valence-corrected chi connectivity index (χ2v) is 7.93. The van der Waals surface area contributed by atoms with Crippen LogP contribution in [0.5, 0.6) is 5.75 Å². The number of piperidine rings is 1. The molecule has 130 valence electrons. The molecule has 1 aromatic heterocycles. The van der Waals surface area contributed by atoms with E-state index in [0.29, 0.717) is 22.6 Å². The molecule has 4 nitrogen and oxygen atoms in total. The average molecular weight is 386 g/mol. The van der Waals surface area contributed by atoms with E-state index in [2.05, 4.69) is 15.2 Å². The van der Waals surface area contributed by atoms with Crippen molar-refractivity contribution in [1.82, 2.24) is 9.88 Å². The van der Waals surface area contributed by atoms with Gasteiger partial charge in [0, 0.05) is 23.3 Å². The minimum atomic E-state index is 0.558. The lowest BCUT2D eigenvalue weighted by Gasteiger charge is -2.26. The van der Waals surface area contributed by atoms with E-state index >= 15 is 0 Å². The summed E-state index contributed by atoms with van der Waals surface area (Å²) in [5, 5.41) is 3.94. The lowest BCUT2D eigenvalue weighted by atomic mass is 10.1. The van der Waals surface area contributed by atoms with Gasteiger partial charge in [0.25, 0.3) is 0 Å². The highest BCUT2D eigenvalue weighted by molar-refractivity contribution is 7.15. The monoisotopic (exact) mass is 385 g/mol. The standard InChI is InChI=1S/C17H21Cl2N3OS/c18-15-10-13(20-11-14-12-21-17(19)24-14)4-5-16(15)23-9-8-22-6-2-1-3-7-22/h4-5,10,12,20H,1-3,6-9,11H2. The van der Waals surface area contributed by atoms with Crippen LogP contribution < -0.4 is 10.1 Å². The van der Waals surface area contributed by atoms with Gasteiger partial charge in [0.2, 0.25) is 0 Å². The van der Waals surface area contributed by atoms with Crippen molar-refractivity contribution < 1.29 is 4.74 Å². The maximum atomic E-state index is 6.33. The summed E-state index contributed by atoms with van der Waals surface area (Å²) >= 11 is 13.6. The number of aromatic nitrogens is 1. The number of thiazole rings is 1. The summed E-state index contributed by atoms with van der Waals surface area (Å²) in [6.45, 7) is 4.67. The number of hydrogen-bond donors (Lipinski definition) is 1. The molecule has 1 fully saturated rings. The van der Waals surface area contributed by atoms with Crippen LogP contribution in [0.15, 0.2) is 24.4 Å². The second-order valence-electron chi connectivity index (χ2n) is 5.83. The van der Waals surface area contributed by atoms with Crippen molar-refractivity contribution in [2.75, 3.05) is 31.6 Å². The predicted molar refractivity (Wildman–Crippen MR) is 102 cm³/mol. The van der Waals surface area contributed by atoms with Crippen LogP contribution in [0.4, 0.5) is 5.69 Å². The van der Waals surface area contributed by atoms with E-state index in [1.807, 2.05) is 18.2 Å². The molecule has 0 bridgehead atoms. The number of nitrogens with zero attached hydrogens (tertiary/aromatic N) is 2. The fourth-order valence-corrected chi connectivity index (χ4v) is 3.90. The molecule has 2 heterocycles. The average Bonchev–Trinajstić information content (AvgIpc) is 3.01. The Hall–Kier alpha value is -1.01. The second kappa shape index (κ2) is 8.90. The fraction of sp³-hybridized carbons (Fsp3) is 0.471. The highest BCUT2D eigenvalue weighted by Crippen LogP contribution is 2.28. The van der Waals surface area contributed by atoms with E-state index in [1.54, 1.807) is 6.20 Å². The summed E-state index contributed by atoms with van der Waals surface area (Å²) in [4.78, 5) is 7.56. The van der Waals surface area contributed by atoms with Crippen molar-refractivity contribution >= 4 is 40.2 Å². The van der Waals surface area contributed by atoms with Crippen molar-refractivity contribution in [2.24, 2.45) is 0 Å². The molecule has 1 N–H and O–H groups in total. The Morgan fingerprint density at radius 3 is 2.75 bits per heavy atom. The first-order chi connectivity index (χ1) is 11.7. The Kier molecular flexibility index (Phi) is 6.60. The van der Waals surface area contributed by atoms with Gasteiger partial charge in [-0.25, -0.2) is 4.98 Å². The summed E-state index contributed by atoms with van der Waals surface area (Å²) < 4.78 is 6.39. The minimum Gasteiger partial charge on any atom is -0.491 e. The van der Waals surface area contributed by atoms with Crippen LogP contribution >= 0.6 is 34.5 Å². The third-order valence-electron chi connectivity index (χ3n) is 4.04. The molecule has 1 aliphatic rings. The molecular weight excluding hydrogens is 365 g/mol. The molecule has 3 rings (SSSR count). The lowest BCUT2D eigenvalue weighted by molar-refractivity contribution is 0.183. The van der Waals surface area contributed by atoms with Gasteiger partial charge in [0.1, 0.15) is 12.4 Å². The molecule has 0 atom stereocenters. The van der Waals surface area contributed by atoms with Gasteiger partial charge in [-0.2, -0.15) is 0 Å². The van der Waals surface area contributed by atoms with Crippen molar-refractivity contribution in [2.45, 2.75) is 25.8 Å². The molecular formula is C17H21Cl2N3OS. The summed E-state index contributed by atoms with van der Waals surface area (Å²) in [6.07, 6.45) is 5.73. The highest BCUT2D eigenvalue weighted by atomic mass is 35.5. The minimum absolute atomic E-state index is 0.558. The Balaban J connectivity index is 1.46. The molecule has 1 saturated heterocycles. The van der Waals surface area contributed by atoms with Crippen LogP contribution in [-0.4, -0.2) is 36.1 Å². The van der Waals surface area contributed by atoms with Crippen molar-refractivity contribution in [3.05, 3.63) is 38.8 Å². The number of ether oxygens (including phenoxy) is 1. The van der Waals surface area contributed by atoms with Gasteiger partial charge < -0.3 is 10.1 Å². The van der Waals surface area contributed by atoms with Gasteiger partial charge in [-0.05, 0) is 44.1 Å². The first-order valence-corrected chi connectivity index (χ1v) is 9.77. The predicted octanol–water partition coefficient (Wildman–Crippen LogP) is 4.93. The van der Waals surface area contributed by atoms with Gasteiger partial charge in [-0.3, -0.25) is 4.90 Å². The molecule has 0 radical (unpaired) electrons. The quantitative estimate of drug-likeness (QED) is 0.733. The van der Waals surface area contributed by atoms with Gasteiger partial charge >= 0.3 is 0 Å². The fourth-order valence-electron chi connectivity index (χ4n) is 2.75. The van der Waals surface area contributed by atoms with Crippen LogP contribution in [0.2, 0.25) is 9.49 Å². The smallest absolute Gasteiger partial charge is 0.183 e. The van der Waals surface area contributed by atoms with Crippen molar-refractivity contribution in [3.8, 4) is 5.75 Å². The van der Waals surface area contributed by atoms with Gasteiger partial charge in [0.15, 0.2) is 4.47 Å². The Morgan fingerprint density at radius 2 is 2.04 bits per heavy atom. The molecule has 0 unspecified atom stereocenters. The van der Waals surface area contributed by atoms with Crippen molar-refractivity contribution in [1.29, 1.82) is 0 Å². The molecule has 2 aromatic rings. The number of likely N-dealkylation sites (tertiary alicyclic amines) is 1. The summed E-state index contributed by atoms with van der Waals surface area (Å²) in [5.74, 6) is 0.736. The summed E-state index contributed by atoms with van der Waals surface area (Å²) in [5.41, 5.74) is 0.952. The first-order valence-electron chi connectivity index (χ1n) is 8.19. The SMILES string of the molecule is Clc1ncc(CNc2ccc(OCCN3CCCCC3)c(Cl)c2)s1. The Morgan fingerprint density at radius 1 is 1.21 bits per heavy atom. The van der Waals surface area contributed by atoms with Crippen LogP contribution in [0.25, 0.3) is 0 Å². The topological polar surface area (TPSA) is 37.4 Å². The van der Waals surface area contributed by atoms with E-state index in [9.17, 15) is 0 Å². The van der Waals surface area contributed by atoms with Gasteiger partial charge in [-0.1, -0.05) is 29.6 Å². The van der Waals surface area contributed by atoms with E-state index in [4.69, 9.17) is 27.9 Å².